The van der Waals surface area contributed by atoms with Gasteiger partial charge in [-0.15, -0.1) is 11.3 Å². The van der Waals surface area contributed by atoms with Crippen LogP contribution < -0.4 is 4.90 Å². The highest BCUT2D eigenvalue weighted by Crippen LogP contribution is 2.25. The predicted octanol–water partition coefficient (Wildman–Crippen LogP) is 3.54. The van der Waals surface area contributed by atoms with Gasteiger partial charge in [0.2, 0.25) is 0 Å². The zero-order valence-corrected chi connectivity index (χ0v) is 14.3. The van der Waals surface area contributed by atoms with Crippen LogP contribution in [0.15, 0.2) is 30.3 Å². The Morgan fingerprint density at radius 2 is 1.96 bits per heavy atom. The second-order valence-corrected chi connectivity index (χ2v) is 7.19. The molecule has 23 heavy (non-hydrogen) atoms. The molecule has 6 heteroatoms. The van der Waals surface area contributed by atoms with Crippen LogP contribution in [-0.4, -0.2) is 37.0 Å². The fourth-order valence-electron chi connectivity index (χ4n) is 2.73. The molecular formula is C17H16ClN3OS. The third-order valence-corrected chi connectivity index (χ3v) is 5.16. The van der Waals surface area contributed by atoms with Crippen molar-refractivity contribution in [2.45, 2.75) is 6.92 Å². The summed E-state index contributed by atoms with van der Waals surface area (Å²) in [5, 5.41) is 9.83. The highest BCUT2D eigenvalue weighted by Gasteiger charge is 2.24. The number of amides is 1. The van der Waals surface area contributed by atoms with Crippen LogP contribution >= 0.6 is 22.9 Å². The van der Waals surface area contributed by atoms with Gasteiger partial charge in [0.1, 0.15) is 6.07 Å². The summed E-state index contributed by atoms with van der Waals surface area (Å²) in [7, 11) is 0. The van der Waals surface area contributed by atoms with Gasteiger partial charge in [-0.05, 0) is 37.3 Å². The molecule has 0 aliphatic carbocycles. The topological polar surface area (TPSA) is 47.3 Å². The van der Waals surface area contributed by atoms with Crippen molar-refractivity contribution >= 4 is 34.5 Å². The van der Waals surface area contributed by atoms with E-state index in [2.05, 4.69) is 11.0 Å². The SMILES string of the molecule is Cc1ccc(C(=O)N2CCN(c3ccc(Cl)cc3C#N)CC2)s1. The van der Waals surface area contributed by atoms with E-state index in [1.165, 1.54) is 11.3 Å². The van der Waals surface area contributed by atoms with Crippen molar-refractivity contribution in [1.82, 2.24) is 4.90 Å². The van der Waals surface area contributed by atoms with Crippen LogP contribution in [0.25, 0.3) is 0 Å². The fourth-order valence-corrected chi connectivity index (χ4v) is 3.74. The van der Waals surface area contributed by atoms with Gasteiger partial charge in [-0.1, -0.05) is 11.6 Å². The lowest BCUT2D eigenvalue weighted by atomic mass is 10.1. The number of benzene rings is 1. The van der Waals surface area contributed by atoms with Gasteiger partial charge in [-0.3, -0.25) is 4.79 Å². The minimum absolute atomic E-state index is 0.0966. The Hall–Kier alpha value is -2.03. The Kier molecular flexibility index (Phi) is 4.56. The number of hydrogen-bond acceptors (Lipinski definition) is 4. The summed E-state index contributed by atoms with van der Waals surface area (Å²) in [4.78, 5) is 18.4. The van der Waals surface area contributed by atoms with Crippen LogP contribution in [0.3, 0.4) is 0 Å². The maximum Gasteiger partial charge on any atom is 0.264 e. The van der Waals surface area contributed by atoms with Crippen LogP contribution in [0.4, 0.5) is 5.69 Å². The quantitative estimate of drug-likeness (QED) is 0.836. The lowest BCUT2D eigenvalue weighted by Gasteiger charge is -2.36. The number of carbonyl (C=O) groups excluding carboxylic acids is 1. The normalized spacial score (nSPS) is 14.7. The van der Waals surface area contributed by atoms with E-state index in [1.807, 2.05) is 30.0 Å². The molecule has 1 aromatic carbocycles. The van der Waals surface area contributed by atoms with Crippen LogP contribution in [0.2, 0.25) is 5.02 Å². The third kappa shape index (κ3) is 3.34. The molecule has 0 unspecified atom stereocenters. The van der Waals surface area contributed by atoms with Gasteiger partial charge in [0, 0.05) is 36.1 Å². The van der Waals surface area contributed by atoms with Gasteiger partial charge in [-0.25, -0.2) is 0 Å². The average molecular weight is 346 g/mol. The van der Waals surface area contributed by atoms with Crippen molar-refractivity contribution in [2.24, 2.45) is 0 Å². The number of carbonyl (C=O) groups is 1. The molecule has 0 spiro atoms. The number of hydrogen-bond donors (Lipinski definition) is 0. The molecule has 0 radical (unpaired) electrons. The van der Waals surface area contributed by atoms with Crippen molar-refractivity contribution in [3.05, 3.63) is 50.7 Å². The molecule has 3 rings (SSSR count). The minimum Gasteiger partial charge on any atom is -0.367 e. The maximum absolute atomic E-state index is 12.5. The second-order valence-electron chi connectivity index (χ2n) is 5.46. The van der Waals surface area contributed by atoms with E-state index in [1.54, 1.807) is 12.1 Å². The Bertz CT molecular complexity index is 772. The molecule has 1 saturated heterocycles. The van der Waals surface area contributed by atoms with Crippen molar-refractivity contribution in [3.63, 3.8) is 0 Å². The first kappa shape index (κ1) is 15.9. The molecule has 2 aromatic rings. The summed E-state index contributed by atoms with van der Waals surface area (Å²) in [6.07, 6.45) is 0. The van der Waals surface area contributed by atoms with Crippen LogP contribution in [0, 0.1) is 18.3 Å². The van der Waals surface area contributed by atoms with E-state index >= 15 is 0 Å². The van der Waals surface area contributed by atoms with Crippen LogP contribution in [0.5, 0.6) is 0 Å². The molecule has 0 saturated carbocycles. The highest BCUT2D eigenvalue weighted by molar-refractivity contribution is 7.13. The largest absolute Gasteiger partial charge is 0.367 e. The smallest absolute Gasteiger partial charge is 0.264 e. The Labute approximate surface area is 144 Å². The molecule has 0 atom stereocenters. The van der Waals surface area contributed by atoms with E-state index in [0.29, 0.717) is 36.8 Å². The van der Waals surface area contributed by atoms with Crippen molar-refractivity contribution in [1.29, 1.82) is 5.26 Å². The van der Waals surface area contributed by atoms with Crippen molar-refractivity contribution in [2.75, 3.05) is 31.1 Å². The lowest BCUT2D eigenvalue weighted by molar-refractivity contribution is 0.0751. The maximum atomic E-state index is 12.5. The third-order valence-electron chi connectivity index (χ3n) is 3.94. The van der Waals surface area contributed by atoms with E-state index in [9.17, 15) is 10.1 Å². The van der Waals surface area contributed by atoms with Crippen LogP contribution in [0.1, 0.15) is 20.1 Å². The highest BCUT2D eigenvalue weighted by atomic mass is 35.5. The molecular weight excluding hydrogens is 330 g/mol. The van der Waals surface area contributed by atoms with E-state index < -0.39 is 0 Å². The van der Waals surface area contributed by atoms with Crippen molar-refractivity contribution < 1.29 is 4.79 Å². The lowest BCUT2D eigenvalue weighted by Crippen LogP contribution is -2.48. The van der Waals surface area contributed by atoms with Crippen molar-refractivity contribution in [3.8, 4) is 6.07 Å². The first-order valence-corrected chi connectivity index (χ1v) is 8.58. The van der Waals surface area contributed by atoms with Gasteiger partial charge in [0.15, 0.2) is 0 Å². The first-order chi connectivity index (χ1) is 11.1. The number of aryl methyl sites for hydroxylation is 1. The summed E-state index contributed by atoms with van der Waals surface area (Å²) >= 11 is 7.48. The number of piperazine rings is 1. The molecule has 1 aliphatic heterocycles. The molecule has 0 bridgehead atoms. The zero-order chi connectivity index (χ0) is 16.4. The number of rotatable bonds is 2. The second kappa shape index (κ2) is 6.61. The van der Waals surface area contributed by atoms with Gasteiger partial charge in [-0.2, -0.15) is 5.26 Å². The summed E-state index contributed by atoms with van der Waals surface area (Å²) in [6, 6.07) is 11.4. The molecule has 1 aromatic heterocycles. The number of nitriles is 1. The Morgan fingerprint density at radius 1 is 1.22 bits per heavy atom. The molecule has 1 amide bonds. The summed E-state index contributed by atoms with van der Waals surface area (Å²) in [5.41, 5.74) is 1.46. The minimum atomic E-state index is 0.0966. The predicted molar refractivity (Wildman–Crippen MR) is 93.3 cm³/mol. The van der Waals surface area contributed by atoms with E-state index in [4.69, 9.17) is 11.6 Å². The summed E-state index contributed by atoms with van der Waals surface area (Å²) < 4.78 is 0. The first-order valence-electron chi connectivity index (χ1n) is 7.39. The Balaban J connectivity index is 1.69. The monoisotopic (exact) mass is 345 g/mol. The molecule has 2 heterocycles. The Morgan fingerprint density at radius 3 is 2.57 bits per heavy atom. The number of thiophene rings is 1. The number of nitrogens with zero attached hydrogens (tertiary/aromatic N) is 3. The molecule has 1 aliphatic rings. The van der Waals surface area contributed by atoms with E-state index in [0.717, 1.165) is 15.4 Å². The molecule has 0 N–H and O–H groups in total. The van der Waals surface area contributed by atoms with Crippen LogP contribution in [-0.2, 0) is 0 Å². The standard InChI is InChI=1S/C17H16ClN3OS/c1-12-2-5-16(23-12)17(22)21-8-6-20(7-9-21)15-4-3-14(18)10-13(15)11-19/h2-5,10H,6-9H2,1H3. The van der Waals surface area contributed by atoms with Gasteiger partial charge in [0.25, 0.3) is 5.91 Å². The fraction of sp³-hybridized carbons (Fsp3) is 0.294. The molecule has 118 valence electrons. The molecule has 1 fully saturated rings. The zero-order valence-electron chi connectivity index (χ0n) is 12.8. The van der Waals surface area contributed by atoms with E-state index in [-0.39, 0.29) is 5.91 Å². The number of anilines is 1. The number of halogens is 1. The average Bonchev–Trinajstić information content (AvgIpc) is 3.00. The summed E-state index contributed by atoms with van der Waals surface area (Å²) in [6.45, 7) is 4.74. The van der Waals surface area contributed by atoms with Gasteiger partial charge >= 0.3 is 0 Å². The van der Waals surface area contributed by atoms with Gasteiger partial charge < -0.3 is 9.80 Å². The summed E-state index contributed by atoms with van der Waals surface area (Å²) in [5.74, 6) is 0.0966. The molecule has 4 nitrogen and oxygen atoms in total. The van der Waals surface area contributed by atoms with Gasteiger partial charge in [0.05, 0.1) is 16.1 Å².